The molecule has 2 aromatic heterocycles. The largest absolute Gasteiger partial charge is 0.497 e. The number of aromatic nitrogens is 2. The van der Waals surface area contributed by atoms with Crippen LogP contribution in [-0.2, 0) is 17.8 Å². The molecule has 3 aromatic rings. The Hall–Kier alpha value is -2.67. The fraction of sp³-hybridized carbons (Fsp3) is 0.316. The molecular weight excluding hydrogens is 350 g/mol. The number of nitrogens with zero attached hydrogens (tertiary/aromatic N) is 2. The van der Waals surface area contributed by atoms with Gasteiger partial charge in [-0.1, -0.05) is 17.3 Å². The van der Waals surface area contributed by atoms with Crippen LogP contribution in [0.2, 0.25) is 0 Å². The zero-order valence-electron chi connectivity index (χ0n) is 14.4. The summed E-state index contributed by atoms with van der Waals surface area (Å²) in [6, 6.07) is 11.7. The van der Waals surface area contributed by atoms with Crippen molar-refractivity contribution >= 4 is 17.2 Å². The Kier molecular flexibility index (Phi) is 4.71. The van der Waals surface area contributed by atoms with Crippen molar-refractivity contribution in [3.63, 3.8) is 0 Å². The summed E-state index contributed by atoms with van der Waals surface area (Å²) in [5.41, 5.74) is 1.08. The van der Waals surface area contributed by atoms with Gasteiger partial charge in [-0.15, -0.1) is 11.3 Å². The molecule has 1 aromatic carbocycles. The van der Waals surface area contributed by atoms with E-state index in [4.69, 9.17) is 9.26 Å². The third-order valence-corrected chi connectivity index (χ3v) is 5.33. The molecule has 1 saturated carbocycles. The molecule has 7 heteroatoms. The zero-order chi connectivity index (χ0) is 17.9. The van der Waals surface area contributed by atoms with Crippen LogP contribution in [0.5, 0.6) is 5.75 Å². The van der Waals surface area contributed by atoms with E-state index in [1.165, 1.54) is 0 Å². The van der Waals surface area contributed by atoms with Crippen LogP contribution in [-0.4, -0.2) is 23.2 Å². The molecule has 0 saturated heterocycles. The van der Waals surface area contributed by atoms with E-state index in [1.807, 2.05) is 36.4 Å². The van der Waals surface area contributed by atoms with Gasteiger partial charge in [-0.2, -0.15) is 4.98 Å². The lowest BCUT2D eigenvalue weighted by atomic mass is 10.1. The maximum Gasteiger partial charge on any atom is 0.231 e. The molecule has 1 fully saturated rings. The number of ether oxygens (including phenoxy) is 1. The van der Waals surface area contributed by atoms with Gasteiger partial charge < -0.3 is 14.6 Å². The maximum atomic E-state index is 11.7. The monoisotopic (exact) mass is 369 g/mol. The summed E-state index contributed by atoms with van der Waals surface area (Å²) in [4.78, 5) is 18.2. The Labute approximate surface area is 155 Å². The summed E-state index contributed by atoms with van der Waals surface area (Å²) < 4.78 is 10.5. The molecule has 134 valence electrons. The van der Waals surface area contributed by atoms with Crippen molar-refractivity contribution in [1.29, 1.82) is 0 Å². The number of carbonyl (C=O) groups excluding carboxylic acids is 1. The normalized spacial score (nSPS) is 13.6. The second-order valence-corrected chi connectivity index (χ2v) is 7.46. The summed E-state index contributed by atoms with van der Waals surface area (Å²) in [5, 5.41) is 7.05. The molecular formula is C19H19N3O3S. The second kappa shape index (κ2) is 7.29. The molecule has 0 radical (unpaired) electrons. The highest BCUT2D eigenvalue weighted by atomic mass is 32.1. The third-order valence-electron chi connectivity index (χ3n) is 4.25. The van der Waals surface area contributed by atoms with Crippen LogP contribution in [0.15, 0.2) is 40.9 Å². The number of benzene rings is 1. The molecule has 1 N–H and O–H groups in total. The molecule has 0 atom stereocenters. The van der Waals surface area contributed by atoms with Gasteiger partial charge in [0.05, 0.1) is 25.0 Å². The van der Waals surface area contributed by atoms with Crippen LogP contribution in [0.4, 0.5) is 0 Å². The number of hydrogen-bond acceptors (Lipinski definition) is 6. The summed E-state index contributed by atoms with van der Waals surface area (Å²) in [6.07, 6.45) is 2.61. The van der Waals surface area contributed by atoms with Crippen LogP contribution in [0.1, 0.15) is 29.2 Å². The Morgan fingerprint density at radius 1 is 1.27 bits per heavy atom. The van der Waals surface area contributed by atoms with Gasteiger partial charge in [0.15, 0.2) is 0 Å². The third kappa shape index (κ3) is 3.94. The van der Waals surface area contributed by atoms with Crippen LogP contribution in [0.25, 0.3) is 10.7 Å². The van der Waals surface area contributed by atoms with Crippen LogP contribution in [0.3, 0.4) is 0 Å². The fourth-order valence-corrected chi connectivity index (χ4v) is 3.48. The summed E-state index contributed by atoms with van der Waals surface area (Å²) in [5.74, 6) is 2.36. The van der Waals surface area contributed by atoms with Crippen LogP contribution >= 0.6 is 11.3 Å². The highest BCUT2D eigenvalue weighted by Crippen LogP contribution is 2.30. The van der Waals surface area contributed by atoms with E-state index in [9.17, 15) is 4.79 Å². The lowest BCUT2D eigenvalue weighted by Gasteiger charge is -2.00. The smallest absolute Gasteiger partial charge is 0.231 e. The average molecular weight is 369 g/mol. The molecule has 2 heterocycles. The Morgan fingerprint density at radius 2 is 2.08 bits per heavy atom. The van der Waals surface area contributed by atoms with E-state index in [0.717, 1.165) is 33.9 Å². The number of amides is 1. The average Bonchev–Trinajstić information content (AvgIpc) is 3.24. The van der Waals surface area contributed by atoms with Gasteiger partial charge >= 0.3 is 0 Å². The topological polar surface area (TPSA) is 77.2 Å². The number of methoxy groups -OCH3 is 1. The minimum absolute atomic E-state index is 0.154. The first kappa shape index (κ1) is 16.8. The predicted molar refractivity (Wildman–Crippen MR) is 98.0 cm³/mol. The quantitative estimate of drug-likeness (QED) is 0.690. The van der Waals surface area contributed by atoms with Gasteiger partial charge in [-0.05, 0) is 42.7 Å². The van der Waals surface area contributed by atoms with Crippen molar-refractivity contribution in [2.75, 3.05) is 7.11 Å². The standard InChI is InChI=1S/C19H19N3O3S/c1-24-14-6-2-12(3-7-14)10-17-21-18(22-25-17)16-9-8-15(26-16)11-20-19(23)13-4-5-13/h2-3,6-9,13H,4-5,10-11H2,1H3,(H,20,23). The van der Waals surface area contributed by atoms with E-state index in [1.54, 1.807) is 18.4 Å². The second-order valence-electron chi connectivity index (χ2n) is 6.29. The molecule has 26 heavy (non-hydrogen) atoms. The van der Waals surface area contributed by atoms with Crippen LogP contribution < -0.4 is 10.1 Å². The molecule has 6 nitrogen and oxygen atoms in total. The van der Waals surface area contributed by atoms with Crippen molar-refractivity contribution in [2.24, 2.45) is 5.92 Å². The van der Waals surface area contributed by atoms with Gasteiger partial charge in [0.25, 0.3) is 0 Å². The highest BCUT2D eigenvalue weighted by molar-refractivity contribution is 7.15. The van der Waals surface area contributed by atoms with Crippen molar-refractivity contribution in [1.82, 2.24) is 15.5 Å². The summed E-state index contributed by atoms with van der Waals surface area (Å²) in [6.45, 7) is 0.552. The highest BCUT2D eigenvalue weighted by Gasteiger charge is 2.29. The molecule has 1 aliphatic rings. The van der Waals surface area contributed by atoms with Gasteiger partial charge in [-0.25, -0.2) is 0 Å². The van der Waals surface area contributed by atoms with Crippen molar-refractivity contribution in [2.45, 2.75) is 25.8 Å². The van der Waals surface area contributed by atoms with Crippen molar-refractivity contribution < 1.29 is 14.1 Å². The van der Waals surface area contributed by atoms with E-state index < -0.39 is 0 Å². The first-order valence-electron chi connectivity index (χ1n) is 8.53. The summed E-state index contributed by atoms with van der Waals surface area (Å²) >= 11 is 1.57. The molecule has 0 spiro atoms. The van der Waals surface area contributed by atoms with Crippen molar-refractivity contribution in [3.8, 4) is 16.5 Å². The van der Waals surface area contributed by atoms with Crippen LogP contribution in [0, 0.1) is 5.92 Å². The zero-order valence-corrected chi connectivity index (χ0v) is 15.2. The van der Waals surface area contributed by atoms with Gasteiger partial charge in [0, 0.05) is 10.8 Å². The Balaban J connectivity index is 1.38. The molecule has 1 amide bonds. The van der Waals surface area contributed by atoms with Gasteiger partial charge in [0.2, 0.25) is 17.6 Å². The maximum absolute atomic E-state index is 11.7. The molecule has 0 aliphatic heterocycles. The fourth-order valence-electron chi connectivity index (χ4n) is 2.60. The van der Waals surface area contributed by atoms with E-state index in [0.29, 0.717) is 24.7 Å². The first-order chi connectivity index (χ1) is 12.7. The first-order valence-corrected chi connectivity index (χ1v) is 9.35. The van der Waals surface area contributed by atoms with E-state index >= 15 is 0 Å². The minimum Gasteiger partial charge on any atom is -0.497 e. The van der Waals surface area contributed by atoms with Gasteiger partial charge in [-0.3, -0.25) is 4.79 Å². The molecule has 4 rings (SSSR count). The summed E-state index contributed by atoms with van der Waals surface area (Å²) in [7, 11) is 1.64. The number of thiophene rings is 1. The Bertz CT molecular complexity index is 897. The molecule has 1 aliphatic carbocycles. The van der Waals surface area contributed by atoms with E-state index in [-0.39, 0.29) is 11.8 Å². The Morgan fingerprint density at radius 3 is 2.81 bits per heavy atom. The minimum atomic E-state index is 0.154. The van der Waals surface area contributed by atoms with E-state index in [2.05, 4.69) is 15.5 Å². The van der Waals surface area contributed by atoms with Gasteiger partial charge in [0.1, 0.15) is 5.75 Å². The predicted octanol–water partition coefficient (Wildman–Crippen LogP) is 3.42. The lowest BCUT2D eigenvalue weighted by molar-refractivity contribution is -0.122. The number of carbonyl (C=O) groups is 1. The molecule has 0 unspecified atom stereocenters. The number of nitrogens with one attached hydrogen (secondary N) is 1. The van der Waals surface area contributed by atoms with Crippen molar-refractivity contribution in [3.05, 3.63) is 52.7 Å². The number of hydrogen-bond donors (Lipinski definition) is 1. The molecule has 0 bridgehead atoms. The lowest BCUT2D eigenvalue weighted by Crippen LogP contribution is -2.23. The SMILES string of the molecule is COc1ccc(Cc2nc(-c3ccc(CNC(=O)C4CC4)s3)no2)cc1. The number of rotatable bonds is 7.